The second-order valence-electron chi connectivity index (χ2n) is 9.35. The normalized spacial score (nSPS) is 30.2. The zero-order chi connectivity index (χ0) is 25.8. The highest BCUT2D eigenvalue weighted by Crippen LogP contribution is 2.53. The Morgan fingerprint density at radius 1 is 1.23 bits per heavy atom. The number of benzene rings is 1. The Balaban J connectivity index is 1.94. The lowest BCUT2D eigenvalue weighted by Crippen LogP contribution is -2.70. The second-order valence-corrected chi connectivity index (χ2v) is 9.35. The van der Waals surface area contributed by atoms with Gasteiger partial charge in [0.25, 0.3) is 5.91 Å². The number of ketones is 2. The number of hydrogen-bond acceptors (Lipinski definition) is 9. The number of fused-ring (bicyclic) bond motifs is 3. The molecule has 10 heteroatoms. The van der Waals surface area contributed by atoms with Crippen LogP contribution in [0.2, 0.25) is 0 Å². The maximum atomic E-state index is 13.8. The molecule has 5 atom stereocenters. The van der Waals surface area contributed by atoms with Gasteiger partial charge in [-0.05, 0) is 32.1 Å². The standard InChI is InChI=1S/C25H29N2O8/c1-4-5-9-35-13-8-6-7-11-10-12-15(20(29)14(11)13)22(31)25(34)17(19(12)28)18(27(2)3)21(30)16(23(25)32)24(26)33/h6-8,10,12,17-19,28-29,32,34H,4-5,9H2,1-3H3,(H2,26,33)/t12-,17-,18+,19+,25+/m1/s1. The van der Waals surface area contributed by atoms with Gasteiger partial charge >= 0.3 is 0 Å². The molecule has 1 aromatic carbocycles. The van der Waals surface area contributed by atoms with Crippen LogP contribution < -0.4 is 10.5 Å². The Bertz CT molecular complexity index is 1170. The number of rotatable bonds is 6. The number of likely N-dealkylation sites (N-methyl/N-ethyl adjacent to an activating group) is 1. The van der Waals surface area contributed by atoms with Crippen LogP contribution in [0.1, 0.15) is 30.9 Å². The van der Waals surface area contributed by atoms with E-state index in [0.29, 0.717) is 17.9 Å². The van der Waals surface area contributed by atoms with Crippen molar-refractivity contribution >= 4 is 23.2 Å². The largest absolute Gasteiger partial charge is 0.508 e. The van der Waals surface area contributed by atoms with Gasteiger partial charge in [-0.1, -0.05) is 25.5 Å². The van der Waals surface area contributed by atoms with Gasteiger partial charge in [0.05, 0.1) is 30.2 Å². The van der Waals surface area contributed by atoms with Crippen LogP contribution in [-0.4, -0.2) is 81.2 Å². The van der Waals surface area contributed by atoms with E-state index in [1.54, 1.807) is 24.6 Å². The predicted molar refractivity (Wildman–Crippen MR) is 124 cm³/mol. The fourth-order valence-corrected chi connectivity index (χ4v) is 5.40. The summed E-state index contributed by atoms with van der Waals surface area (Å²) >= 11 is 0. The molecule has 10 nitrogen and oxygen atoms in total. The fraction of sp³-hybridized carbons (Fsp3) is 0.440. The molecule has 4 rings (SSSR count). The van der Waals surface area contributed by atoms with E-state index in [0.717, 1.165) is 12.8 Å². The first kappa shape index (κ1) is 24.9. The third-order valence-electron chi connectivity index (χ3n) is 7.06. The molecule has 3 aliphatic carbocycles. The Morgan fingerprint density at radius 3 is 2.51 bits per heavy atom. The number of hydrogen-bond donors (Lipinski definition) is 5. The van der Waals surface area contributed by atoms with Gasteiger partial charge in [-0.3, -0.25) is 19.3 Å². The van der Waals surface area contributed by atoms with Crippen LogP contribution in [0.15, 0.2) is 35.1 Å². The number of nitrogens with two attached hydrogens (primary N) is 1. The maximum Gasteiger partial charge on any atom is 0.255 e. The molecule has 0 unspecified atom stereocenters. The quantitative estimate of drug-likeness (QED) is 0.283. The van der Waals surface area contributed by atoms with Gasteiger partial charge in [0, 0.05) is 17.9 Å². The molecule has 1 saturated carbocycles. The highest BCUT2D eigenvalue weighted by Gasteiger charge is 2.67. The number of unbranched alkanes of at least 4 members (excludes halogenated alkanes) is 1. The molecule has 0 spiro atoms. The van der Waals surface area contributed by atoms with Gasteiger partial charge in [-0.15, -0.1) is 0 Å². The summed E-state index contributed by atoms with van der Waals surface area (Å²) in [5, 5.41) is 45.1. The first-order chi connectivity index (χ1) is 16.5. The Kier molecular flexibility index (Phi) is 6.25. The van der Waals surface area contributed by atoms with Crippen molar-refractivity contribution in [2.24, 2.45) is 17.6 Å². The van der Waals surface area contributed by atoms with Crippen LogP contribution in [0.5, 0.6) is 5.75 Å². The molecule has 6 N–H and O–H groups in total. The highest BCUT2D eigenvalue weighted by atomic mass is 16.5. The van der Waals surface area contributed by atoms with Crippen LogP contribution >= 0.6 is 0 Å². The fourth-order valence-electron chi connectivity index (χ4n) is 5.40. The monoisotopic (exact) mass is 485 g/mol. The van der Waals surface area contributed by atoms with E-state index in [1.165, 1.54) is 19.0 Å². The summed E-state index contributed by atoms with van der Waals surface area (Å²) < 4.78 is 5.80. The predicted octanol–water partition coefficient (Wildman–Crippen LogP) is 0.418. The number of carbonyl (C=O) groups excluding carboxylic acids is 3. The SMILES string of the molecule is CCCCOc1cccc2c1C(O)=C1C(=O)[C@]3(O)C(O)=C(C(N)=O)C(=O)[C@@H](N(C)C)[C@@H]3[C@@H](O)[C@@H]1[CH]2. The number of ether oxygens (including phenoxy) is 1. The molecule has 187 valence electrons. The van der Waals surface area contributed by atoms with Crippen LogP contribution in [-0.2, 0) is 14.4 Å². The van der Waals surface area contributed by atoms with Crippen LogP contribution in [0, 0.1) is 18.3 Å². The zero-order valence-corrected chi connectivity index (χ0v) is 19.7. The number of Topliss-reactive ketones (excluding diaryl/α,β-unsaturated/α-hetero) is 2. The van der Waals surface area contributed by atoms with E-state index in [1.807, 2.05) is 6.92 Å². The molecule has 0 aliphatic heterocycles. The summed E-state index contributed by atoms with van der Waals surface area (Å²) in [4.78, 5) is 40.2. The summed E-state index contributed by atoms with van der Waals surface area (Å²) in [6.45, 7) is 2.37. The summed E-state index contributed by atoms with van der Waals surface area (Å²) in [7, 11) is 2.95. The highest BCUT2D eigenvalue weighted by molar-refractivity contribution is 6.24. The summed E-state index contributed by atoms with van der Waals surface area (Å²) in [6, 6.07) is 3.68. The molecule has 0 aromatic heterocycles. The van der Waals surface area contributed by atoms with Crippen molar-refractivity contribution in [1.29, 1.82) is 0 Å². The third-order valence-corrected chi connectivity index (χ3v) is 7.06. The van der Waals surface area contributed by atoms with Gasteiger partial charge < -0.3 is 30.9 Å². The van der Waals surface area contributed by atoms with Gasteiger partial charge in [0.2, 0.25) is 5.78 Å². The van der Waals surface area contributed by atoms with Crippen molar-refractivity contribution in [3.63, 3.8) is 0 Å². The van der Waals surface area contributed by atoms with Crippen molar-refractivity contribution in [3.05, 3.63) is 52.7 Å². The Hall–Kier alpha value is -3.21. The van der Waals surface area contributed by atoms with E-state index < -0.39 is 64.1 Å². The topological polar surface area (TPSA) is 171 Å². The Labute approximate surface area is 202 Å². The number of carbonyl (C=O) groups is 3. The van der Waals surface area contributed by atoms with Gasteiger partial charge in [0.15, 0.2) is 11.4 Å². The lowest BCUT2D eigenvalue weighted by atomic mass is 9.56. The lowest BCUT2D eigenvalue weighted by molar-refractivity contribution is -0.167. The number of amides is 1. The van der Waals surface area contributed by atoms with Gasteiger partial charge in [0.1, 0.15) is 22.8 Å². The molecule has 1 radical (unpaired) electrons. The number of primary amides is 1. The molecular formula is C25H29N2O8. The average Bonchev–Trinajstić information content (AvgIpc) is 2.79. The summed E-state index contributed by atoms with van der Waals surface area (Å²) in [5.41, 5.74) is 1.90. The molecule has 0 heterocycles. The van der Waals surface area contributed by atoms with E-state index in [9.17, 15) is 34.8 Å². The molecule has 3 aliphatic rings. The van der Waals surface area contributed by atoms with Gasteiger partial charge in [-0.2, -0.15) is 0 Å². The number of nitrogens with zero attached hydrogens (tertiary/aromatic N) is 1. The first-order valence-electron chi connectivity index (χ1n) is 11.4. The second kappa shape index (κ2) is 8.78. The minimum absolute atomic E-state index is 0.215. The van der Waals surface area contributed by atoms with Crippen molar-refractivity contribution in [1.82, 2.24) is 4.90 Å². The molecule has 1 aromatic rings. The molecule has 35 heavy (non-hydrogen) atoms. The molecular weight excluding hydrogens is 456 g/mol. The van der Waals surface area contributed by atoms with Crippen LogP contribution in [0.3, 0.4) is 0 Å². The van der Waals surface area contributed by atoms with Crippen molar-refractivity contribution in [2.75, 3.05) is 20.7 Å². The smallest absolute Gasteiger partial charge is 0.255 e. The minimum Gasteiger partial charge on any atom is -0.508 e. The summed E-state index contributed by atoms with van der Waals surface area (Å²) in [6.07, 6.45) is 1.64. The number of aliphatic hydroxyl groups excluding tert-OH is 3. The van der Waals surface area contributed by atoms with Gasteiger partial charge in [-0.25, -0.2) is 0 Å². The van der Waals surface area contributed by atoms with E-state index in [4.69, 9.17) is 10.5 Å². The Morgan fingerprint density at radius 2 is 1.91 bits per heavy atom. The minimum atomic E-state index is -2.87. The summed E-state index contributed by atoms with van der Waals surface area (Å²) in [5.74, 6) is -7.41. The maximum absolute atomic E-state index is 13.8. The van der Waals surface area contributed by atoms with E-state index >= 15 is 0 Å². The van der Waals surface area contributed by atoms with E-state index in [2.05, 4.69) is 0 Å². The zero-order valence-electron chi connectivity index (χ0n) is 19.7. The molecule has 1 fully saturated rings. The van der Waals surface area contributed by atoms with Crippen molar-refractivity contribution < 1.29 is 39.5 Å². The van der Waals surface area contributed by atoms with Crippen molar-refractivity contribution in [2.45, 2.75) is 37.5 Å². The van der Waals surface area contributed by atoms with E-state index in [-0.39, 0.29) is 11.1 Å². The molecule has 1 amide bonds. The van der Waals surface area contributed by atoms with Crippen LogP contribution in [0.4, 0.5) is 0 Å². The third kappa shape index (κ3) is 3.47. The first-order valence-corrected chi connectivity index (χ1v) is 11.4. The van der Waals surface area contributed by atoms with Crippen LogP contribution in [0.25, 0.3) is 5.76 Å². The molecule has 0 bridgehead atoms. The molecule has 0 saturated heterocycles. The average molecular weight is 486 g/mol. The number of aliphatic hydroxyl groups is 4. The lowest BCUT2D eigenvalue weighted by Gasteiger charge is -2.52. The van der Waals surface area contributed by atoms with Crippen molar-refractivity contribution in [3.8, 4) is 5.75 Å².